The lowest BCUT2D eigenvalue weighted by Gasteiger charge is -2.12. The van der Waals surface area contributed by atoms with Gasteiger partial charge in [0.2, 0.25) is 5.56 Å². The molecule has 0 aliphatic carbocycles. The maximum Gasteiger partial charge on any atom is 0.431 e. The first-order valence-corrected chi connectivity index (χ1v) is 4.31. The highest BCUT2D eigenvalue weighted by atomic mass is 79.9. The van der Waals surface area contributed by atoms with Gasteiger partial charge in [-0.3, -0.25) is 4.79 Å². The van der Waals surface area contributed by atoms with Crippen LogP contribution >= 0.6 is 15.9 Å². The molecule has 1 heterocycles. The van der Waals surface area contributed by atoms with Crippen molar-refractivity contribution in [1.82, 2.24) is 4.98 Å². The highest BCUT2D eigenvalue weighted by molar-refractivity contribution is 9.10. The van der Waals surface area contributed by atoms with Crippen molar-refractivity contribution in [2.45, 2.75) is 12.6 Å². The van der Waals surface area contributed by atoms with Crippen LogP contribution in [0.5, 0.6) is 0 Å². The number of H-pyrrole nitrogens is 1. The van der Waals surface area contributed by atoms with Crippen molar-refractivity contribution >= 4 is 15.9 Å². The van der Waals surface area contributed by atoms with Gasteiger partial charge in [0.15, 0.2) is 0 Å². The molecule has 1 aromatic heterocycles. The van der Waals surface area contributed by atoms with Crippen LogP contribution in [0.4, 0.5) is 22.0 Å². The molecule has 0 saturated carbocycles. The summed E-state index contributed by atoms with van der Waals surface area (Å²) < 4.78 is 60.8. The average Bonchev–Trinajstić information content (AvgIpc) is 1.99. The minimum absolute atomic E-state index is 0.562. The Morgan fingerprint density at radius 3 is 2.27 bits per heavy atom. The molecule has 0 aliphatic rings. The Morgan fingerprint density at radius 2 is 1.87 bits per heavy atom. The number of hydrogen-bond donors (Lipinski definition) is 1. The van der Waals surface area contributed by atoms with Gasteiger partial charge in [0.25, 0.3) is 6.43 Å². The minimum Gasteiger partial charge on any atom is -0.318 e. The number of alkyl halides is 5. The van der Waals surface area contributed by atoms with Crippen LogP contribution in [0.3, 0.4) is 0 Å². The zero-order valence-corrected chi connectivity index (χ0v) is 8.42. The van der Waals surface area contributed by atoms with Gasteiger partial charge in [0.05, 0.1) is 5.56 Å². The molecule has 84 valence electrons. The van der Waals surface area contributed by atoms with Crippen molar-refractivity contribution in [3.05, 3.63) is 32.2 Å². The Kier molecular flexibility index (Phi) is 3.17. The van der Waals surface area contributed by atoms with Gasteiger partial charge < -0.3 is 4.98 Å². The van der Waals surface area contributed by atoms with Crippen molar-refractivity contribution in [3.8, 4) is 0 Å². The van der Waals surface area contributed by atoms with E-state index in [2.05, 4.69) is 15.9 Å². The summed E-state index contributed by atoms with van der Waals surface area (Å²) in [5.41, 5.74) is -4.09. The number of halogens is 6. The summed E-state index contributed by atoms with van der Waals surface area (Å²) in [6, 6.07) is 0.622. The fraction of sp³-hybridized carbons (Fsp3) is 0.286. The molecular formula is C7H3BrF5NO. The van der Waals surface area contributed by atoms with Crippen LogP contribution in [0, 0.1) is 0 Å². The van der Waals surface area contributed by atoms with E-state index in [0.717, 1.165) is 0 Å². The number of nitrogens with one attached hydrogen (secondary N) is 1. The van der Waals surface area contributed by atoms with Gasteiger partial charge >= 0.3 is 6.18 Å². The van der Waals surface area contributed by atoms with E-state index in [1.54, 1.807) is 0 Å². The predicted octanol–water partition coefficient (Wildman–Crippen LogP) is 3.09. The van der Waals surface area contributed by atoms with E-state index in [0.29, 0.717) is 6.07 Å². The SMILES string of the molecule is O=c1cc(Br)c(C(F)F)c(C(F)(F)F)[nH]1. The summed E-state index contributed by atoms with van der Waals surface area (Å²) in [6.45, 7) is 0. The molecule has 0 bridgehead atoms. The molecule has 0 amide bonds. The van der Waals surface area contributed by atoms with E-state index in [-0.39, 0.29) is 0 Å². The van der Waals surface area contributed by atoms with Crippen LogP contribution in [0.15, 0.2) is 15.3 Å². The standard InChI is InChI=1S/C7H3BrF5NO/c8-2-1-3(15)14-5(7(11,12)13)4(2)6(9)10/h1,6H,(H,14,15). The van der Waals surface area contributed by atoms with E-state index in [9.17, 15) is 26.7 Å². The predicted molar refractivity (Wildman–Crippen MR) is 44.7 cm³/mol. The largest absolute Gasteiger partial charge is 0.431 e. The fourth-order valence-corrected chi connectivity index (χ4v) is 1.56. The molecule has 1 N–H and O–H groups in total. The van der Waals surface area contributed by atoms with Crippen LogP contribution in [0.2, 0.25) is 0 Å². The molecule has 2 nitrogen and oxygen atoms in total. The molecule has 1 rings (SSSR count). The lowest BCUT2D eigenvalue weighted by atomic mass is 10.2. The van der Waals surface area contributed by atoms with Gasteiger partial charge in [-0.15, -0.1) is 0 Å². The highest BCUT2D eigenvalue weighted by Gasteiger charge is 2.38. The lowest BCUT2D eigenvalue weighted by Crippen LogP contribution is -2.19. The molecule has 0 radical (unpaired) electrons. The van der Waals surface area contributed by atoms with Crippen LogP contribution < -0.4 is 5.56 Å². The molecule has 0 atom stereocenters. The Morgan fingerprint density at radius 1 is 1.33 bits per heavy atom. The van der Waals surface area contributed by atoms with Gasteiger partial charge in [0, 0.05) is 10.5 Å². The number of hydrogen-bond acceptors (Lipinski definition) is 1. The maximum atomic E-state index is 12.3. The lowest BCUT2D eigenvalue weighted by molar-refractivity contribution is -0.143. The summed E-state index contributed by atoms with van der Waals surface area (Å²) in [7, 11) is 0. The van der Waals surface area contributed by atoms with E-state index < -0.39 is 33.9 Å². The quantitative estimate of drug-likeness (QED) is 0.793. The second kappa shape index (κ2) is 3.92. The van der Waals surface area contributed by atoms with E-state index in [1.807, 2.05) is 0 Å². The van der Waals surface area contributed by atoms with Crippen LogP contribution in [0.1, 0.15) is 17.7 Å². The Hall–Kier alpha value is -0.920. The minimum atomic E-state index is -5.02. The average molecular weight is 292 g/mol. The Bertz CT molecular complexity index is 424. The highest BCUT2D eigenvalue weighted by Crippen LogP contribution is 2.37. The second-order valence-electron chi connectivity index (χ2n) is 2.57. The molecule has 0 unspecified atom stereocenters. The molecule has 1 aromatic rings. The van der Waals surface area contributed by atoms with Crippen LogP contribution in [-0.2, 0) is 6.18 Å². The van der Waals surface area contributed by atoms with Crippen molar-refractivity contribution in [2.75, 3.05) is 0 Å². The van der Waals surface area contributed by atoms with Gasteiger partial charge in [-0.05, 0) is 0 Å². The molecule has 0 saturated heterocycles. The van der Waals surface area contributed by atoms with Gasteiger partial charge in [-0.2, -0.15) is 13.2 Å². The van der Waals surface area contributed by atoms with E-state index in [1.165, 1.54) is 4.98 Å². The Labute approximate surface area is 88.2 Å². The first-order chi connectivity index (χ1) is 6.73. The Balaban J connectivity index is 3.55. The van der Waals surface area contributed by atoms with Crippen molar-refractivity contribution in [3.63, 3.8) is 0 Å². The molecule has 8 heteroatoms. The first-order valence-electron chi connectivity index (χ1n) is 3.51. The van der Waals surface area contributed by atoms with Gasteiger partial charge in [-0.25, -0.2) is 8.78 Å². The maximum absolute atomic E-state index is 12.3. The zero-order valence-electron chi connectivity index (χ0n) is 6.83. The van der Waals surface area contributed by atoms with E-state index >= 15 is 0 Å². The summed E-state index contributed by atoms with van der Waals surface area (Å²) in [6.07, 6.45) is -8.35. The smallest absolute Gasteiger partial charge is 0.318 e. The van der Waals surface area contributed by atoms with Crippen molar-refractivity contribution in [1.29, 1.82) is 0 Å². The second-order valence-corrected chi connectivity index (χ2v) is 3.42. The number of pyridine rings is 1. The van der Waals surface area contributed by atoms with Crippen LogP contribution in [-0.4, -0.2) is 4.98 Å². The third kappa shape index (κ3) is 2.55. The third-order valence-electron chi connectivity index (χ3n) is 1.53. The van der Waals surface area contributed by atoms with Crippen molar-refractivity contribution in [2.24, 2.45) is 0 Å². The molecular weight excluding hydrogens is 289 g/mol. The fourth-order valence-electron chi connectivity index (χ4n) is 0.976. The molecule has 15 heavy (non-hydrogen) atoms. The summed E-state index contributed by atoms with van der Waals surface area (Å²) in [5.74, 6) is 0. The van der Waals surface area contributed by atoms with Crippen molar-refractivity contribution < 1.29 is 22.0 Å². The summed E-state index contributed by atoms with van der Waals surface area (Å²) in [4.78, 5) is 12.0. The molecule has 0 fully saturated rings. The van der Waals surface area contributed by atoms with Gasteiger partial charge in [-0.1, -0.05) is 15.9 Å². The van der Waals surface area contributed by atoms with Crippen LogP contribution in [0.25, 0.3) is 0 Å². The molecule has 0 aliphatic heterocycles. The zero-order chi connectivity index (χ0) is 11.8. The molecule has 0 aromatic carbocycles. The molecule has 0 spiro atoms. The summed E-state index contributed by atoms with van der Waals surface area (Å²) >= 11 is 2.49. The number of aromatic nitrogens is 1. The third-order valence-corrected chi connectivity index (χ3v) is 2.19. The van der Waals surface area contributed by atoms with E-state index in [4.69, 9.17) is 0 Å². The first kappa shape index (κ1) is 12.2. The topological polar surface area (TPSA) is 32.9 Å². The monoisotopic (exact) mass is 291 g/mol. The summed E-state index contributed by atoms with van der Waals surface area (Å²) in [5, 5.41) is 0. The normalized spacial score (nSPS) is 12.2. The van der Waals surface area contributed by atoms with Gasteiger partial charge in [0.1, 0.15) is 5.69 Å². The number of aromatic amines is 1. The number of rotatable bonds is 1.